The minimum atomic E-state index is -1.19. The summed E-state index contributed by atoms with van der Waals surface area (Å²) in [5, 5.41) is 23.0. The van der Waals surface area contributed by atoms with Crippen LogP contribution in [0.4, 0.5) is 10.3 Å². The fourth-order valence-corrected chi connectivity index (χ4v) is 2.93. The summed E-state index contributed by atoms with van der Waals surface area (Å²) in [6.45, 7) is 1.47. The third-order valence-electron chi connectivity index (χ3n) is 4.51. The van der Waals surface area contributed by atoms with Crippen LogP contribution >= 0.6 is 0 Å². The maximum absolute atomic E-state index is 13.0. The van der Waals surface area contributed by atoms with Crippen molar-refractivity contribution in [2.75, 3.05) is 5.32 Å². The van der Waals surface area contributed by atoms with Crippen molar-refractivity contribution < 1.29 is 19.3 Å². The molecule has 3 aromatic carbocycles. The van der Waals surface area contributed by atoms with E-state index >= 15 is 0 Å². The van der Waals surface area contributed by atoms with Gasteiger partial charge in [-0.25, -0.2) is 14.4 Å². The summed E-state index contributed by atoms with van der Waals surface area (Å²) in [5.41, 5.74) is 2.21. The molecular formula is C23H20FN3O3. The Kier molecular flexibility index (Phi) is 5.56. The van der Waals surface area contributed by atoms with E-state index in [0.717, 1.165) is 10.9 Å². The summed E-state index contributed by atoms with van der Waals surface area (Å²) >= 11 is 0. The van der Waals surface area contributed by atoms with Gasteiger partial charge in [-0.1, -0.05) is 18.2 Å². The molecule has 4 aromatic rings. The van der Waals surface area contributed by atoms with E-state index in [4.69, 9.17) is 4.74 Å². The summed E-state index contributed by atoms with van der Waals surface area (Å²) in [7, 11) is 0. The van der Waals surface area contributed by atoms with Crippen molar-refractivity contribution in [1.82, 2.24) is 9.97 Å². The number of anilines is 1. The quantitative estimate of drug-likeness (QED) is 0.414. The molecule has 0 saturated carbocycles. The van der Waals surface area contributed by atoms with E-state index in [1.165, 1.54) is 19.1 Å². The zero-order valence-corrected chi connectivity index (χ0v) is 16.2. The Bertz CT molecular complexity index is 1150. The van der Waals surface area contributed by atoms with Crippen molar-refractivity contribution in [2.45, 2.75) is 19.3 Å². The first-order chi connectivity index (χ1) is 14.5. The number of halogens is 1. The number of para-hydroxylation sites is 1. The number of hydrogen-bond donors (Lipinski definition) is 3. The molecule has 0 bridgehead atoms. The number of ether oxygens (including phenoxy) is 1. The van der Waals surface area contributed by atoms with Gasteiger partial charge in [-0.15, -0.1) is 0 Å². The number of fused-ring (bicyclic) bond motifs is 1. The van der Waals surface area contributed by atoms with Gasteiger partial charge in [-0.3, -0.25) is 0 Å². The van der Waals surface area contributed by atoms with Crippen LogP contribution in [0.1, 0.15) is 6.92 Å². The second-order valence-corrected chi connectivity index (χ2v) is 6.82. The average molecular weight is 405 g/mol. The molecule has 1 unspecified atom stereocenters. The Morgan fingerprint density at radius 2 is 1.50 bits per heavy atom. The number of hydrogen-bond acceptors (Lipinski definition) is 6. The van der Waals surface area contributed by atoms with Gasteiger partial charge in [0.15, 0.2) is 6.23 Å². The molecule has 1 heterocycles. The van der Waals surface area contributed by atoms with Crippen molar-refractivity contribution in [2.24, 2.45) is 0 Å². The number of benzene rings is 3. The van der Waals surface area contributed by atoms with E-state index in [0.29, 0.717) is 22.7 Å². The van der Waals surface area contributed by atoms with Crippen LogP contribution < -0.4 is 10.1 Å². The zero-order chi connectivity index (χ0) is 21.1. The summed E-state index contributed by atoms with van der Waals surface area (Å²) in [6.07, 6.45) is -2.17. The van der Waals surface area contributed by atoms with E-state index in [1.807, 2.05) is 36.4 Å². The molecule has 7 heteroatoms. The van der Waals surface area contributed by atoms with Gasteiger partial charge in [0.1, 0.15) is 17.3 Å². The Labute approximate surface area is 172 Å². The number of aromatic nitrogens is 2. The Morgan fingerprint density at radius 3 is 2.17 bits per heavy atom. The number of aliphatic hydroxyl groups excluding tert-OH is 2. The maximum Gasteiger partial charge on any atom is 0.225 e. The third kappa shape index (κ3) is 4.37. The SMILES string of the molecule is CC(O)[C@@H](O)Nc1nc(-c2ccc(Oc3ccc(F)cc3)cc2)c2ccccc2n1. The smallest absolute Gasteiger partial charge is 0.225 e. The molecule has 0 aliphatic heterocycles. The van der Waals surface area contributed by atoms with E-state index in [1.54, 1.807) is 24.3 Å². The van der Waals surface area contributed by atoms with Gasteiger partial charge in [0.25, 0.3) is 0 Å². The molecule has 0 saturated heterocycles. The molecule has 30 heavy (non-hydrogen) atoms. The highest BCUT2D eigenvalue weighted by molar-refractivity contribution is 5.93. The van der Waals surface area contributed by atoms with Crippen molar-refractivity contribution in [3.05, 3.63) is 78.6 Å². The highest BCUT2D eigenvalue weighted by Gasteiger charge is 2.15. The lowest BCUT2D eigenvalue weighted by molar-refractivity contribution is 0.0492. The van der Waals surface area contributed by atoms with Gasteiger partial charge in [-0.2, -0.15) is 0 Å². The van der Waals surface area contributed by atoms with Crippen LogP contribution in [0.15, 0.2) is 72.8 Å². The Hall–Kier alpha value is -3.55. The zero-order valence-electron chi connectivity index (χ0n) is 16.2. The van der Waals surface area contributed by atoms with Gasteiger partial charge in [0.2, 0.25) is 5.95 Å². The van der Waals surface area contributed by atoms with Gasteiger partial charge in [0, 0.05) is 10.9 Å². The fourth-order valence-electron chi connectivity index (χ4n) is 2.93. The fraction of sp³-hybridized carbons (Fsp3) is 0.130. The van der Waals surface area contributed by atoms with Gasteiger partial charge in [-0.05, 0) is 61.5 Å². The number of rotatable bonds is 6. The van der Waals surface area contributed by atoms with E-state index in [9.17, 15) is 14.6 Å². The topological polar surface area (TPSA) is 87.5 Å². The summed E-state index contributed by atoms with van der Waals surface area (Å²) in [4.78, 5) is 8.96. The summed E-state index contributed by atoms with van der Waals surface area (Å²) < 4.78 is 18.8. The van der Waals surface area contributed by atoms with Crippen molar-refractivity contribution in [3.8, 4) is 22.8 Å². The largest absolute Gasteiger partial charge is 0.457 e. The number of aliphatic hydroxyl groups is 2. The monoisotopic (exact) mass is 405 g/mol. The second kappa shape index (κ2) is 8.44. The van der Waals surface area contributed by atoms with E-state index < -0.39 is 12.3 Å². The molecule has 0 aliphatic rings. The van der Waals surface area contributed by atoms with Crippen LogP contribution in [0.2, 0.25) is 0 Å². The molecule has 0 aliphatic carbocycles. The lowest BCUT2D eigenvalue weighted by Gasteiger charge is -2.16. The lowest BCUT2D eigenvalue weighted by Crippen LogP contribution is -2.31. The van der Waals surface area contributed by atoms with E-state index in [-0.39, 0.29) is 11.8 Å². The van der Waals surface area contributed by atoms with Crippen molar-refractivity contribution in [3.63, 3.8) is 0 Å². The van der Waals surface area contributed by atoms with Crippen LogP contribution in [0.25, 0.3) is 22.2 Å². The van der Waals surface area contributed by atoms with Crippen LogP contribution in [0, 0.1) is 5.82 Å². The first-order valence-electron chi connectivity index (χ1n) is 9.43. The molecule has 1 aromatic heterocycles. The lowest BCUT2D eigenvalue weighted by atomic mass is 10.1. The average Bonchev–Trinajstić information content (AvgIpc) is 2.75. The predicted octanol–water partition coefficient (Wildman–Crippen LogP) is 4.34. The molecule has 0 radical (unpaired) electrons. The van der Waals surface area contributed by atoms with Gasteiger partial charge >= 0.3 is 0 Å². The Morgan fingerprint density at radius 1 is 0.867 bits per heavy atom. The van der Waals surface area contributed by atoms with Gasteiger partial charge in [0.05, 0.1) is 17.3 Å². The number of nitrogens with one attached hydrogen (secondary N) is 1. The molecule has 6 nitrogen and oxygen atoms in total. The normalized spacial score (nSPS) is 13.1. The molecule has 0 spiro atoms. The third-order valence-corrected chi connectivity index (χ3v) is 4.51. The van der Waals surface area contributed by atoms with Crippen molar-refractivity contribution in [1.29, 1.82) is 0 Å². The van der Waals surface area contributed by atoms with E-state index in [2.05, 4.69) is 15.3 Å². The molecule has 2 atom stereocenters. The first-order valence-corrected chi connectivity index (χ1v) is 9.43. The predicted molar refractivity (Wildman–Crippen MR) is 113 cm³/mol. The molecule has 0 amide bonds. The highest BCUT2D eigenvalue weighted by atomic mass is 19.1. The van der Waals surface area contributed by atoms with Crippen LogP contribution in [-0.4, -0.2) is 32.5 Å². The van der Waals surface area contributed by atoms with Gasteiger partial charge < -0.3 is 20.3 Å². The molecule has 0 fully saturated rings. The van der Waals surface area contributed by atoms with Crippen molar-refractivity contribution >= 4 is 16.9 Å². The maximum atomic E-state index is 13.0. The second-order valence-electron chi connectivity index (χ2n) is 6.82. The van der Waals surface area contributed by atoms with Crippen LogP contribution in [0.3, 0.4) is 0 Å². The molecule has 3 N–H and O–H groups in total. The minimum absolute atomic E-state index is 0.212. The Balaban J connectivity index is 1.66. The molecule has 152 valence electrons. The number of nitrogens with zero attached hydrogens (tertiary/aromatic N) is 2. The standard InChI is InChI=1S/C23H20FN3O3/c1-14(28)22(29)27-23-25-20-5-3-2-4-19(20)21(26-23)15-6-10-17(11-7-15)30-18-12-8-16(24)9-13-18/h2-14,22,28-29H,1H3,(H,25,26,27)/t14?,22-/m1/s1. The minimum Gasteiger partial charge on any atom is -0.457 e. The molecule has 4 rings (SSSR count). The first kappa shape index (κ1) is 19.8. The molecular weight excluding hydrogens is 385 g/mol. The van der Waals surface area contributed by atoms with Crippen LogP contribution in [0.5, 0.6) is 11.5 Å². The highest BCUT2D eigenvalue weighted by Crippen LogP contribution is 2.30. The summed E-state index contributed by atoms with van der Waals surface area (Å²) in [5.74, 6) is 1.03. The van der Waals surface area contributed by atoms with Crippen LogP contribution in [-0.2, 0) is 0 Å². The summed E-state index contributed by atoms with van der Waals surface area (Å²) in [6, 6.07) is 20.7.